The maximum absolute atomic E-state index is 5.57. The molecule has 0 saturated heterocycles. The number of nitrogen functional groups attached to an aromatic ring is 2. The number of benzene rings is 1. The first-order chi connectivity index (χ1) is 8.17. The Labute approximate surface area is 98.9 Å². The summed E-state index contributed by atoms with van der Waals surface area (Å²) in [6.45, 7) is 0. The van der Waals surface area contributed by atoms with E-state index in [-0.39, 0.29) is 5.95 Å². The molecule has 5 heteroatoms. The van der Waals surface area contributed by atoms with Crippen LogP contribution in [0.2, 0.25) is 0 Å². The van der Waals surface area contributed by atoms with Crippen LogP contribution < -0.4 is 16.8 Å². The number of nitrogens with one attached hydrogen (secondary N) is 1. The minimum atomic E-state index is 0.126. The molecule has 0 bridgehead atoms. The van der Waals surface area contributed by atoms with E-state index in [1.807, 2.05) is 24.3 Å². The van der Waals surface area contributed by atoms with Crippen LogP contribution in [-0.2, 0) is 0 Å². The van der Waals surface area contributed by atoms with Gasteiger partial charge in [0.15, 0.2) is 0 Å². The molecule has 0 aliphatic carbocycles. The lowest BCUT2D eigenvalue weighted by Gasteiger charge is -2.06. The molecule has 5 nitrogen and oxygen atoms in total. The lowest BCUT2D eigenvalue weighted by atomic mass is 10.2. The van der Waals surface area contributed by atoms with Gasteiger partial charge in [-0.25, -0.2) is 0 Å². The number of anilines is 4. The summed E-state index contributed by atoms with van der Waals surface area (Å²) in [4.78, 5) is 7.79. The molecule has 0 aliphatic rings. The van der Waals surface area contributed by atoms with Crippen molar-refractivity contribution in [2.75, 3.05) is 16.8 Å². The fourth-order valence-electron chi connectivity index (χ4n) is 1.38. The van der Waals surface area contributed by atoms with Crippen LogP contribution in [-0.4, -0.2) is 9.97 Å². The van der Waals surface area contributed by atoms with Crippen molar-refractivity contribution in [3.8, 4) is 12.3 Å². The molecular weight excluding hydrogens is 214 g/mol. The van der Waals surface area contributed by atoms with Crippen LogP contribution in [0.15, 0.2) is 30.3 Å². The van der Waals surface area contributed by atoms with Gasteiger partial charge >= 0.3 is 0 Å². The third-order valence-electron chi connectivity index (χ3n) is 2.06. The molecule has 84 valence electrons. The second-order valence-corrected chi connectivity index (χ2v) is 3.39. The van der Waals surface area contributed by atoms with Gasteiger partial charge < -0.3 is 16.8 Å². The molecule has 1 heterocycles. The van der Waals surface area contributed by atoms with Crippen LogP contribution in [0.1, 0.15) is 5.56 Å². The number of hydrogen-bond acceptors (Lipinski definition) is 5. The van der Waals surface area contributed by atoms with Crippen molar-refractivity contribution in [1.82, 2.24) is 9.97 Å². The standard InChI is InChI=1S/C12H11N5/c1-2-8-4-3-5-9(6-8)15-11-7-10(13)16-12(14)17-11/h1,3-7H,(H5,13,14,15,16,17). The molecule has 0 radical (unpaired) electrons. The van der Waals surface area contributed by atoms with Crippen molar-refractivity contribution in [2.45, 2.75) is 0 Å². The summed E-state index contributed by atoms with van der Waals surface area (Å²) < 4.78 is 0. The first kappa shape index (κ1) is 10.8. The Balaban J connectivity index is 2.28. The van der Waals surface area contributed by atoms with Gasteiger partial charge in [-0.3, -0.25) is 0 Å². The number of terminal acetylenes is 1. The zero-order valence-electron chi connectivity index (χ0n) is 9.01. The number of hydrogen-bond donors (Lipinski definition) is 3. The lowest BCUT2D eigenvalue weighted by molar-refractivity contribution is 1.19. The number of nitrogens with zero attached hydrogens (tertiary/aromatic N) is 2. The van der Waals surface area contributed by atoms with E-state index >= 15 is 0 Å². The van der Waals surface area contributed by atoms with E-state index in [1.54, 1.807) is 6.07 Å². The Morgan fingerprint density at radius 3 is 2.71 bits per heavy atom. The van der Waals surface area contributed by atoms with Crippen LogP contribution in [0.5, 0.6) is 0 Å². The summed E-state index contributed by atoms with van der Waals surface area (Å²) in [7, 11) is 0. The van der Waals surface area contributed by atoms with E-state index in [2.05, 4.69) is 21.2 Å². The molecule has 1 aromatic heterocycles. The highest BCUT2D eigenvalue weighted by molar-refractivity contribution is 5.61. The summed E-state index contributed by atoms with van der Waals surface area (Å²) in [5.74, 6) is 3.52. The van der Waals surface area contributed by atoms with Crippen LogP contribution in [0.3, 0.4) is 0 Å². The zero-order chi connectivity index (χ0) is 12.3. The van der Waals surface area contributed by atoms with Crippen molar-refractivity contribution >= 4 is 23.3 Å². The van der Waals surface area contributed by atoms with Crippen molar-refractivity contribution in [1.29, 1.82) is 0 Å². The van der Waals surface area contributed by atoms with E-state index in [0.29, 0.717) is 11.6 Å². The quantitative estimate of drug-likeness (QED) is 0.671. The molecule has 2 aromatic rings. The predicted octanol–water partition coefficient (Wildman–Crippen LogP) is 1.37. The van der Waals surface area contributed by atoms with Gasteiger partial charge in [0.25, 0.3) is 0 Å². The molecule has 0 atom stereocenters. The van der Waals surface area contributed by atoms with Gasteiger partial charge in [-0.15, -0.1) is 6.42 Å². The van der Waals surface area contributed by atoms with Gasteiger partial charge in [0.1, 0.15) is 11.6 Å². The minimum Gasteiger partial charge on any atom is -0.383 e. The van der Waals surface area contributed by atoms with Gasteiger partial charge in [0, 0.05) is 17.3 Å². The van der Waals surface area contributed by atoms with Crippen LogP contribution in [0, 0.1) is 12.3 Å². The summed E-state index contributed by atoms with van der Waals surface area (Å²) >= 11 is 0. The molecule has 0 fully saturated rings. The van der Waals surface area contributed by atoms with E-state index in [0.717, 1.165) is 11.3 Å². The largest absolute Gasteiger partial charge is 0.383 e. The van der Waals surface area contributed by atoms with Gasteiger partial charge in [-0.05, 0) is 18.2 Å². The molecular formula is C12H11N5. The van der Waals surface area contributed by atoms with E-state index in [4.69, 9.17) is 17.9 Å². The first-order valence-corrected chi connectivity index (χ1v) is 4.91. The van der Waals surface area contributed by atoms with Crippen molar-refractivity contribution < 1.29 is 0 Å². The maximum Gasteiger partial charge on any atom is 0.223 e. The lowest BCUT2D eigenvalue weighted by Crippen LogP contribution is -2.02. The smallest absolute Gasteiger partial charge is 0.223 e. The Bertz CT molecular complexity index is 565. The molecule has 0 saturated carbocycles. The summed E-state index contributed by atoms with van der Waals surface area (Å²) in [6.07, 6.45) is 5.32. The average molecular weight is 225 g/mol. The molecule has 0 unspecified atom stereocenters. The molecule has 1 aromatic carbocycles. The Hall–Kier alpha value is -2.74. The minimum absolute atomic E-state index is 0.126. The van der Waals surface area contributed by atoms with Crippen molar-refractivity contribution in [3.05, 3.63) is 35.9 Å². The zero-order valence-corrected chi connectivity index (χ0v) is 9.01. The Morgan fingerprint density at radius 1 is 1.18 bits per heavy atom. The maximum atomic E-state index is 5.57. The van der Waals surface area contributed by atoms with Crippen molar-refractivity contribution in [3.63, 3.8) is 0 Å². The second-order valence-electron chi connectivity index (χ2n) is 3.39. The monoisotopic (exact) mass is 225 g/mol. The SMILES string of the molecule is C#Cc1cccc(Nc2cc(N)nc(N)n2)c1. The van der Waals surface area contributed by atoms with E-state index < -0.39 is 0 Å². The molecule has 2 rings (SSSR count). The molecule has 0 amide bonds. The third-order valence-corrected chi connectivity index (χ3v) is 2.06. The predicted molar refractivity (Wildman–Crippen MR) is 68.5 cm³/mol. The molecule has 17 heavy (non-hydrogen) atoms. The van der Waals surface area contributed by atoms with Crippen LogP contribution >= 0.6 is 0 Å². The van der Waals surface area contributed by atoms with Gasteiger partial charge in [0.2, 0.25) is 5.95 Å². The fraction of sp³-hybridized carbons (Fsp3) is 0. The average Bonchev–Trinajstić information content (AvgIpc) is 2.28. The van der Waals surface area contributed by atoms with E-state index in [9.17, 15) is 0 Å². The number of aromatic nitrogens is 2. The van der Waals surface area contributed by atoms with E-state index in [1.165, 1.54) is 0 Å². The van der Waals surface area contributed by atoms with Gasteiger partial charge in [-0.1, -0.05) is 12.0 Å². The first-order valence-electron chi connectivity index (χ1n) is 4.91. The van der Waals surface area contributed by atoms with Crippen LogP contribution in [0.4, 0.5) is 23.3 Å². The normalized spacial score (nSPS) is 9.59. The highest BCUT2D eigenvalue weighted by Crippen LogP contribution is 2.17. The number of nitrogens with two attached hydrogens (primary N) is 2. The summed E-state index contributed by atoms with van der Waals surface area (Å²) in [5.41, 5.74) is 12.7. The Morgan fingerprint density at radius 2 is 2.00 bits per heavy atom. The third kappa shape index (κ3) is 2.63. The topological polar surface area (TPSA) is 89.8 Å². The summed E-state index contributed by atoms with van der Waals surface area (Å²) in [6, 6.07) is 8.99. The second kappa shape index (κ2) is 4.41. The fourth-order valence-corrected chi connectivity index (χ4v) is 1.38. The van der Waals surface area contributed by atoms with Crippen LogP contribution in [0.25, 0.3) is 0 Å². The molecule has 0 spiro atoms. The Kier molecular flexibility index (Phi) is 2.79. The molecule has 5 N–H and O–H groups in total. The van der Waals surface area contributed by atoms with Gasteiger partial charge in [-0.2, -0.15) is 9.97 Å². The van der Waals surface area contributed by atoms with Crippen molar-refractivity contribution in [2.24, 2.45) is 0 Å². The van der Waals surface area contributed by atoms with Gasteiger partial charge in [0.05, 0.1) is 0 Å². The highest BCUT2D eigenvalue weighted by Gasteiger charge is 2.00. The highest BCUT2D eigenvalue weighted by atomic mass is 15.1. The summed E-state index contributed by atoms with van der Waals surface area (Å²) in [5, 5.41) is 3.05. The number of rotatable bonds is 2. The molecule has 0 aliphatic heterocycles.